The first-order valence-corrected chi connectivity index (χ1v) is 7.29. The van der Waals surface area contributed by atoms with E-state index in [4.69, 9.17) is 4.42 Å². The first-order chi connectivity index (χ1) is 9.66. The number of aryl methyl sites for hydroxylation is 2. The van der Waals surface area contributed by atoms with Crippen LogP contribution >= 0.6 is 0 Å². The highest BCUT2D eigenvalue weighted by atomic mass is 16.3. The third-order valence-electron chi connectivity index (χ3n) is 4.39. The Morgan fingerprint density at radius 2 is 2.10 bits per heavy atom. The normalized spacial score (nSPS) is 17.8. The van der Waals surface area contributed by atoms with Crippen molar-refractivity contribution in [3.8, 4) is 0 Å². The minimum absolute atomic E-state index is 0.309. The van der Waals surface area contributed by atoms with Crippen molar-refractivity contribution in [2.45, 2.75) is 45.6 Å². The Morgan fingerprint density at radius 3 is 2.85 bits per heavy atom. The summed E-state index contributed by atoms with van der Waals surface area (Å²) < 4.78 is 5.59. The van der Waals surface area contributed by atoms with Crippen LogP contribution in [0.25, 0.3) is 11.1 Å². The van der Waals surface area contributed by atoms with Crippen LogP contribution in [-0.4, -0.2) is 27.7 Å². The molecule has 108 valence electrons. The van der Waals surface area contributed by atoms with Crippen molar-refractivity contribution in [1.29, 1.82) is 0 Å². The van der Waals surface area contributed by atoms with E-state index < -0.39 is 0 Å². The summed E-state index contributed by atoms with van der Waals surface area (Å²) in [5.41, 5.74) is 1.66. The van der Waals surface area contributed by atoms with Crippen molar-refractivity contribution in [2.24, 2.45) is 5.92 Å². The van der Waals surface area contributed by atoms with Gasteiger partial charge in [-0.05, 0) is 32.6 Å². The van der Waals surface area contributed by atoms with Gasteiger partial charge in [-0.2, -0.15) is 0 Å². The number of nitrogens with zero attached hydrogens (tertiary/aromatic N) is 2. The minimum Gasteiger partial charge on any atom is -0.443 e. The predicted molar refractivity (Wildman–Crippen MR) is 77.7 cm³/mol. The Balaban J connectivity index is 1.77. The van der Waals surface area contributed by atoms with Crippen LogP contribution in [0.4, 0.5) is 5.82 Å². The van der Waals surface area contributed by atoms with Gasteiger partial charge < -0.3 is 14.8 Å². The highest BCUT2D eigenvalue weighted by Crippen LogP contribution is 2.30. The van der Waals surface area contributed by atoms with Crippen molar-refractivity contribution in [2.75, 3.05) is 11.9 Å². The van der Waals surface area contributed by atoms with Gasteiger partial charge >= 0.3 is 0 Å². The fourth-order valence-corrected chi connectivity index (χ4v) is 3.03. The fraction of sp³-hybridized carbons (Fsp3) is 0.600. The quantitative estimate of drug-likeness (QED) is 0.897. The molecule has 2 N–H and O–H groups in total. The van der Waals surface area contributed by atoms with Crippen LogP contribution in [0.3, 0.4) is 0 Å². The maximum absolute atomic E-state index is 10.2. The predicted octanol–water partition coefficient (Wildman–Crippen LogP) is 2.80. The first kappa shape index (κ1) is 13.4. The second-order valence-electron chi connectivity index (χ2n) is 5.68. The molecule has 5 heteroatoms. The lowest BCUT2D eigenvalue weighted by Crippen LogP contribution is -2.27. The number of rotatable bonds is 4. The monoisotopic (exact) mass is 275 g/mol. The van der Waals surface area contributed by atoms with Crippen LogP contribution in [0.2, 0.25) is 0 Å². The molecule has 3 rings (SSSR count). The number of fused-ring (bicyclic) bond motifs is 1. The summed E-state index contributed by atoms with van der Waals surface area (Å²) in [5.74, 6) is 2.04. The lowest BCUT2D eigenvalue weighted by atomic mass is 10.0. The number of hydrogen-bond donors (Lipinski definition) is 2. The summed E-state index contributed by atoms with van der Waals surface area (Å²) in [7, 11) is 0. The number of aliphatic hydroxyl groups is 1. The highest BCUT2D eigenvalue weighted by Gasteiger charge is 2.23. The second-order valence-corrected chi connectivity index (χ2v) is 5.68. The number of aliphatic hydroxyl groups excluding tert-OH is 1. The van der Waals surface area contributed by atoms with E-state index in [1.54, 1.807) is 0 Å². The van der Waals surface area contributed by atoms with Crippen LogP contribution in [0.5, 0.6) is 0 Å². The van der Waals surface area contributed by atoms with Gasteiger partial charge in [-0.25, -0.2) is 9.97 Å². The fourth-order valence-electron chi connectivity index (χ4n) is 3.03. The van der Waals surface area contributed by atoms with E-state index in [0.717, 1.165) is 35.4 Å². The van der Waals surface area contributed by atoms with Gasteiger partial charge in [0.25, 0.3) is 0 Å². The number of hydrogen-bond acceptors (Lipinski definition) is 5. The van der Waals surface area contributed by atoms with Crippen molar-refractivity contribution < 1.29 is 9.52 Å². The zero-order valence-corrected chi connectivity index (χ0v) is 12.0. The summed E-state index contributed by atoms with van der Waals surface area (Å²) in [6.45, 7) is 4.46. The molecular weight excluding hydrogens is 254 g/mol. The van der Waals surface area contributed by atoms with Crippen molar-refractivity contribution in [3.63, 3.8) is 0 Å². The molecule has 0 radical (unpaired) electrons. The third-order valence-corrected chi connectivity index (χ3v) is 4.39. The van der Waals surface area contributed by atoms with Gasteiger partial charge in [0.15, 0.2) is 0 Å². The molecule has 1 aliphatic carbocycles. The largest absolute Gasteiger partial charge is 0.443 e. The molecule has 5 nitrogen and oxygen atoms in total. The zero-order chi connectivity index (χ0) is 14.1. The van der Waals surface area contributed by atoms with E-state index in [-0.39, 0.29) is 6.10 Å². The van der Waals surface area contributed by atoms with Crippen molar-refractivity contribution in [1.82, 2.24) is 9.97 Å². The van der Waals surface area contributed by atoms with Gasteiger partial charge in [0.2, 0.25) is 5.71 Å². The lowest BCUT2D eigenvalue weighted by molar-refractivity contribution is 0.123. The van der Waals surface area contributed by atoms with E-state index in [0.29, 0.717) is 18.2 Å². The molecule has 1 atom stereocenters. The summed E-state index contributed by atoms with van der Waals surface area (Å²) in [4.78, 5) is 8.43. The molecular formula is C15H21N3O2. The maximum atomic E-state index is 10.2. The van der Waals surface area contributed by atoms with Gasteiger partial charge in [-0.3, -0.25) is 0 Å². The number of nitrogens with one attached hydrogen (secondary N) is 1. The standard InChI is InChI=1S/C15H21N3O2/c1-9-10(2)20-15-13(9)14(17-8-18-15)16-7-12(19)11-5-3-4-6-11/h8,11-12,19H,3-7H2,1-2H3,(H,16,17,18). The second kappa shape index (κ2) is 5.40. The van der Waals surface area contributed by atoms with E-state index in [9.17, 15) is 5.11 Å². The molecule has 20 heavy (non-hydrogen) atoms. The van der Waals surface area contributed by atoms with Crippen LogP contribution < -0.4 is 5.32 Å². The molecule has 2 aromatic rings. The van der Waals surface area contributed by atoms with E-state index in [1.165, 1.54) is 19.2 Å². The summed E-state index contributed by atoms with van der Waals surface area (Å²) in [5, 5.41) is 14.4. The van der Waals surface area contributed by atoms with Gasteiger partial charge in [0, 0.05) is 12.1 Å². The van der Waals surface area contributed by atoms with E-state index >= 15 is 0 Å². The maximum Gasteiger partial charge on any atom is 0.231 e. The Kier molecular flexibility index (Phi) is 3.61. The van der Waals surface area contributed by atoms with Crippen molar-refractivity contribution in [3.05, 3.63) is 17.7 Å². The van der Waals surface area contributed by atoms with Crippen LogP contribution in [0.15, 0.2) is 10.7 Å². The topological polar surface area (TPSA) is 71.2 Å². The van der Waals surface area contributed by atoms with E-state index in [2.05, 4.69) is 15.3 Å². The highest BCUT2D eigenvalue weighted by molar-refractivity contribution is 5.89. The molecule has 0 saturated heterocycles. The molecule has 1 aliphatic rings. The summed E-state index contributed by atoms with van der Waals surface area (Å²) >= 11 is 0. The number of anilines is 1. The third kappa shape index (κ3) is 2.38. The number of aromatic nitrogens is 2. The lowest BCUT2D eigenvalue weighted by Gasteiger charge is -2.18. The molecule has 2 heterocycles. The van der Waals surface area contributed by atoms with Crippen LogP contribution in [-0.2, 0) is 0 Å². The molecule has 1 fully saturated rings. The van der Waals surface area contributed by atoms with E-state index in [1.807, 2.05) is 13.8 Å². The average Bonchev–Trinajstić information content (AvgIpc) is 3.06. The molecule has 1 unspecified atom stereocenters. The zero-order valence-electron chi connectivity index (χ0n) is 12.0. The first-order valence-electron chi connectivity index (χ1n) is 7.29. The summed E-state index contributed by atoms with van der Waals surface area (Å²) in [6.07, 6.45) is 5.92. The molecule has 2 aromatic heterocycles. The molecule has 1 saturated carbocycles. The average molecular weight is 275 g/mol. The Labute approximate surface area is 118 Å². The Morgan fingerprint density at radius 1 is 1.35 bits per heavy atom. The Bertz CT molecular complexity index is 602. The molecule has 0 aromatic carbocycles. The molecule has 0 bridgehead atoms. The SMILES string of the molecule is Cc1oc2ncnc(NCC(O)C3CCCC3)c2c1C. The van der Waals surface area contributed by atoms with Gasteiger partial charge in [-0.15, -0.1) is 0 Å². The van der Waals surface area contributed by atoms with Crippen LogP contribution in [0.1, 0.15) is 37.0 Å². The van der Waals surface area contributed by atoms with Gasteiger partial charge in [0.1, 0.15) is 17.9 Å². The molecule has 0 aliphatic heterocycles. The van der Waals surface area contributed by atoms with Gasteiger partial charge in [0.05, 0.1) is 11.5 Å². The smallest absolute Gasteiger partial charge is 0.231 e. The van der Waals surface area contributed by atoms with Gasteiger partial charge in [-0.1, -0.05) is 12.8 Å². The van der Waals surface area contributed by atoms with Crippen molar-refractivity contribution >= 4 is 16.9 Å². The summed E-state index contributed by atoms with van der Waals surface area (Å²) in [6, 6.07) is 0. The van der Waals surface area contributed by atoms with Crippen LogP contribution in [0, 0.1) is 19.8 Å². The molecule has 0 amide bonds. The number of furan rings is 1. The minimum atomic E-state index is -0.309. The Hall–Kier alpha value is -1.62. The molecule has 0 spiro atoms.